The van der Waals surface area contributed by atoms with Gasteiger partial charge in [0.15, 0.2) is 5.54 Å². The van der Waals surface area contributed by atoms with Gasteiger partial charge < -0.3 is 10.1 Å². The topological polar surface area (TPSA) is 114 Å². The molecule has 9 nitrogen and oxygen atoms in total. The lowest BCUT2D eigenvalue weighted by Gasteiger charge is -2.33. The van der Waals surface area contributed by atoms with E-state index >= 15 is 0 Å². The summed E-state index contributed by atoms with van der Waals surface area (Å²) in [6.45, 7) is 4.12. The number of ether oxygens (including phenoxy) is 1. The number of fused-ring (bicyclic) bond motifs is 2. The van der Waals surface area contributed by atoms with Gasteiger partial charge in [0.1, 0.15) is 17.3 Å². The third kappa shape index (κ3) is 3.79. The molecule has 2 aliphatic rings. The van der Waals surface area contributed by atoms with Gasteiger partial charge >= 0.3 is 6.03 Å². The van der Waals surface area contributed by atoms with Crippen LogP contribution in [0.1, 0.15) is 37.3 Å². The largest absolute Gasteiger partial charge is 0.493 e. The first-order valence-corrected chi connectivity index (χ1v) is 11.8. The highest BCUT2D eigenvalue weighted by molar-refractivity contribution is 7.18. The van der Waals surface area contributed by atoms with E-state index in [1.165, 1.54) is 16.9 Å². The average molecular weight is 478 g/mol. The quantitative estimate of drug-likeness (QED) is 0.544. The van der Waals surface area contributed by atoms with Crippen molar-refractivity contribution in [2.45, 2.75) is 31.7 Å². The summed E-state index contributed by atoms with van der Waals surface area (Å²) in [7, 11) is 0. The number of benzene rings is 2. The summed E-state index contributed by atoms with van der Waals surface area (Å²) in [6.07, 6.45) is 0.294. The third-order valence-electron chi connectivity index (χ3n) is 6.05. The van der Waals surface area contributed by atoms with Gasteiger partial charge in [-0.1, -0.05) is 67.6 Å². The lowest BCUT2D eigenvalue weighted by molar-refractivity contribution is -0.135. The standard InChI is InChI=1S/C24H23N5O4S/c1-14(2)15-7-9-16(10-8-15)20-27-28-22(34-20)25-19(30)13-29-21(31)24(26-23(29)32)11-12-33-18-6-4-3-5-17(18)24/h3-10,14H,11-13H2,1-2H3,(H,26,32)(H,25,28,30)/t24-/m1/s1. The van der Waals surface area contributed by atoms with Crippen LogP contribution in [-0.2, 0) is 15.1 Å². The number of para-hydroxylation sites is 1. The molecule has 4 amide bonds. The molecule has 2 N–H and O–H groups in total. The summed E-state index contributed by atoms with van der Waals surface area (Å²) in [5, 5.41) is 14.6. The highest BCUT2D eigenvalue weighted by atomic mass is 32.1. The van der Waals surface area contributed by atoms with Crippen LogP contribution in [-0.4, -0.2) is 46.1 Å². The second kappa shape index (κ2) is 8.53. The molecule has 5 rings (SSSR count). The van der Waals surface area contributed by atoms with E-state index in [1.807, 2.05) is 24.3 Å². The minimum atomic E-state index is -1.22. The van der Waals surface area contributed by atoms with Crippen molar-refractivity contribution in [1.29, 1.82) is 0 Å². The zero-order valence-corrected chi connectivity index (χ0v) is 19.5. The Morgan fingerprint density at radius 3 is 2.71 bits per heavy atom. The van der Waals surface area contributed by atoms with Crippen LogP contribution in [0.2, 0.25) is 0 Å². The maximum atomic E-state index is 13.3. The van der Waals surface area contributed by atoms with Crippen molar-refractivity contribution >= 4 is 34.3 Å². The number of amides is 4. The second-order valence-electron chi connectivity index (χ2n) is 8.56. The summed E-state index contributed by atoms with van der Waals surface area (Å²) >= 11 is 1.23. The van der Waals surface area contributed by atoms with Gasteiger partial charge in [0.05, 0.1) is 6.61 Å². The molecule has 0 aliphatic carbocycles. The number of nitrogens with one attached hydrogen (secondary N) is 2. The zero-order valence-electron chi connectivity index (χ0n) is 18.7. The molecule has 10 heteroatoms. The predicted octanol–water partition coefficient (Wildman–Crippen LogP) is 3.50. The fourth-order valence-electron chi connectivity index (χ4n) is 4.22. The van der Waals surface area contributed by atoms with Crippen LogP contribution in [0.25, 0.3) is 10.6 Å². The van der Waals surface area contributed by atoms with E-state index in [0.717, 1.165) is 10.5 Å². The Bertz CT molecular complexity index is 1270. The van der Waals surface area contributed by atoms with Crippen LogP contribution in [0.5, 0.6) is 5.75 Å². The van der Waals surface area contributed by atoms with Crippen molar-refractivity contribution in [2.75, 3.05) is 18.5 Å². The Hall–Kier alpha value is -3.79. The minimum absolute atomic E-state index is 0.286. The van der Waals surface area contributed by atoms with Crippen LogP contribution < -0.4 is 15.4 Å². The predicted molar refractivity (Wildman–Crippen MR) is 127 cm³/mol. The van der Waals surface area contributed by atoms with E-state index in [9.17, 15) is 14.4 Å². The Morgan fingerprint density at radius 1 is 1.18 bits per heavy atom. The Kier molecular flexibility index (Phi) is 5.52. The van der Waals surface area contributed by atoms with Gasteiger partial charge in [-0.05, 0) is 17.5 Å². The molecular formula is C24H23N5O4S. The number of imide groups is 1. The van der Waals surface area contributed by atoms with Crippen molar-refractivity contribution in [3.8, 4) is 16.3 Å². The van der Waals surface area contributed by atoms with Crippen LogP contribution in [0.3, 0.4) is 0 Å². The fourth-order valence-corrected chi connectivity index (χ4v) is 4.98. The number of hydrogen-bond donors (Lipinski definition) is 2. The first kappa shape index (κ1) is 22.0. The summed E-state index contributed by atoms with van der Waals surface area (Å²) in [4.78, 5) is 39.6. The van der Waals surface area contributed by atoms with Crippen LogP contribution in [0, 0.1) is 0 Å². The van der Waals surface area contributed by atoms with Crippen LogP contribution >= 0.6 is 11.3 Å². The number of rotatable bonds is 5. The van der Waals surface area contributed by atoms with Gasteiger partial charge in [0, 0.05) is 17.5 Å². The number of carbonyl (C=O) groups excluding carboxylic acids is 3. The molecule has 3 heterocycles. The third-order valence-corrected chi connectivity index (χ3v) is 6.94. The van der Waals surface area contributed by atoms with Gasteiger partial charge in [-0.25, -0.2) is 4.79 Å². The van der Waals surface area contributed by atoms with E-state index < -0.39 is 29.9 Å². The van der Waals surface area contributed by atoms with E-state index in [4.69, 9.17) is 4.74 Å². The number of urea groups is 1. The van der Waals surface area contributed by atoms with Crippen molar-refractivity contribution in [2.24, 2.45) is 0 Å². The number of aromatic nitrogens is 2. The molecule has 2 aliphatic heterocycles. The fraction of sp³-hybridized carbons (Fsp3) is 0.292. The second-order valence-corrected chi connectivity index (χ2v) is 9.54. The Morgan fingerprint density at radius 2 is 1.94 bits per heavy atom. The van der Waals surface area contributed by atoms with Gasteiger partial charge in [-0.3, -0.25) is 19.8 Å². The van der Waals surface area contributed by atoms with Crippen molar-refractivity contribution < 1.29 is 19.1 Å². The molecule has 0 unspecified atom stereocenters. The molecule has 1 saturated heterocycles. The van der Waals surface area contributed by atoms with Crippen molar-refractivity contribution in [3.05, 3.63) is 59.7 Å². The number of nitrogens with zero attached hydrogens (tertiary/aromatic N) is 3. The highest BCUT2D eigenvalue weighted by Gasteiger charge is 2.55. The molecule has 2 aromatic carbocycles. The van der Waals surface area contributed by atoms with Crippen LogP contribution in [0.15, 0.2) is 48.5 Å². The summed E-state index contributed by atoms with van der Waals surface area (Å²) < 4.78 is 5.63. The SMILES string of the molecule is CC(C)c1ccc(-c2nnc(NC(=O)CN3C(=O)N[C@@]4(CCOc5ccccc54)C3=O)s2)cc1. The maximum Gasteiger partial charge on any atom is 0.325 e. The molecule has 1 aromatic heterocycles. The molecule has 0 radical (unpaired) electrons. The van der Waals surface area contributed by atoms with Crippen LogP contribution in [0.4, 0.5) is 9.93 Å². The van der Waals surface area contributed by atoms with Crippen molar-refractivity contribution in [1.82, 2.24) is 20.4 Å². The monoisotopic (exact) mass is 477 g/mol. The highest BCUT2D eigenvalue weighted by Crippen LogP contribution is 2.41. The first-order chi connectivity index (χ1) is 16.4. The summed E-state index contributed by atoms with van der Waals surface area (Å²) in [6, 6.07) is 14.5. The van der Waals surface area contributed by atoms with E-state index in [-0.39, 0.29) is 6.61 Å². The molecular weight excluding hydrogens is 454 g/mol. The smallest absolute Gasteiger partial charge is 0.325 e. The number of anilines is 1. The molecule has 0 bridgehead atoms. The van der Waals surface area contributed by atoms with Crippen molar-refractivity contribution in [3.63, 3.8) is 0 Å². The average Bonchev–Trinajstić information content (AvgIpc) is 3.38. The van der Waals surface area contributed by atoms with Gasteiger partial charge in [0.25, 0.3) is 5.91 Å². The molecule has 0 saturated carbocycles. The van der Waals surface area contributed by atoms with Gasteiger partial charge in [-0.2, -0.15) is 0 Å². The maximum absolute atomic E-state index is 13.3. The molecule has 174 valence electrons. The van der Waals surface area contributed by atoms with E-state index in [1.54, 1.807) is 24.3 Å². The number of hydrogen-bond acceptors (Lipinski definition) is 7. The normalized spacial score (nSPS) is 19.2. The molecule has 34 heavy (non-hydrogen) atoms. The summed E-state index contributed by atoms with van der Waals surface area (Å²) in [5.41, 5.74) is 1.50. The summed E-state index contributed by atoms with van der Waals surface area (Å²) in [5.74, 6) is -0.0144. The molecule has 3 aromatic rings. The zero-order chi connectivity index (χ0) is 23.9. The van der Waals surface area contributed by atoms with E-state index in [2.05, 4.69) is 34.7 Å². The molecule has 1 spiro atoms. The Balaban J connectivity index is 1.28. The first-order valence-electron chi connectivity index (χ1n) is 11.0. The molecule has 1 fully saturated rings. The van der Waals surface area contributed by atoms with Gasteiger partial charge in [-0.15, -0.1) is 10.2 Å². The Labute approximate surface area is 200 Å². The lowest BCUT2D eigenvalue weighted by Crippen LogP contribution is -2.48. The lowest BCUT2D eigenvalue weighted by atomic mass is 9.84. The van der Waals surface area contributed by atoms with Gasteiger partial charge in [0.2, 0.25) is 11.0 Å². The molecule has 1 atom stereocenters. The minimum Gasteiger partial charge on any atom is -0.493 e. The number of carbonyl (C=O) groups is 3. The van der Waals surface area contributed by atoms with E-state index in [0.29, 0.717) is 33.8 Å².